The molecular weight excluding hydrogens is 620 g/mol. The molecule has 0 radical (unpaired) electrons. The average Bonchev–Trinajstić information content (AvgIpc) is 3.05. The zero-order valence-corrected chi connectivity index (χ0v) is 24.1. The van der Waals surface area contributed by atoms with Gasteiger partial charge in [-0.2, -0.15) is 35.1 Å². The fourth-order valence-corrected chi connectivity index (χ4v) is 4.67. The summed E-state index contributed by atoms with van der Waals surface area (Å²) in [4.78, 5) is 26.3. The largest absolute Gasteiger partial charge is 0.393 e. The van der Waals surface area contributed by atoms with Crippen molar-refractivity contribution < 1.29 is 44.7 Å². The molecule has 4 nitrogen and oxygen atoms in total. The van der Waals surface area contributed by atoms with E-state index in [0.29, 0.717) is 0 Å². The van der Waals surface area contributed by atoms with E-state index in [9.17, 15) is 9.59 Å². The molecule has 2 amide bonds. The topological polar surface area (TPSA) is 40.6 Å². The number of alkyl halides is 8. The third-order valence-electron chi connectivity index (χ3n) is 7.16. The second-order valence-electron chi connectivity index (χ2n) is 10.6. The summed E-state index contributed by atoms with van der Waals surface area (Å²) in [7, 11) is 0. The van der Waals surface area contributed by atoms with Crippen molar-refractivity contribution in [3.63, 3.8) is 0 Å². The highest BCUT2D eigenvalue weighted by molar-refractivity contribution is 5.87. The molecular formula is C34H28F8N2O2. The lowest BCUT2D eigenvalue weighted by Crippen LogP contribution is -2.69. The molecule has 4 aromatic carbocycles. The van der Waals surface area contributed by atoms with Crippen LogP contribution in [0.15, 0.2) is 121 Å². The maximum Gasteiger partial charge on any atom is 0.393 e. The van der Waals surface area contributed by atoms with Gasteiger partial charge in [-0.1, -0.05) is 121 Å². The van der Waals surface area contributed by atoms with Gasteiger partial charge in [0.1, 0.15) is 0 Å². The number of carbonyl (C=O) groups excluding carboxylic acids is 2. The molecule has 0 fully saturated rings. The molecule has 0 saturated carbocycles. The quantitative estimate of drug-likeness (QED) is 0.138. The minimum atomic E-state index is -7.01. The van der Waals surface area contributed by atoms with Crippen LogP contribution in [0.2, 0.25) is 0 Å². The highest BCUT2D eigenvalue weighted by Crippen LogP contribution is 2.54. The number of benzene rings is 4. The Morgan fingerprint density at radius 2 is 0.587 bits per heavy atom. The van der Waals surface area contributed by atoms with Gasteiger partial charge >= 0.3 is 35.5 Å². The van der Waals surface area contributed by atoms with Crippen LogP contribution in [-0.4, -0.2) is 45.3 Å². The maximum absolute atomic E-state index is 15.4. The Bertz CT molecular complexity index is 1390. The van der Waals surface area contributed by atoms with Gasteiger partial charge in [0, 0.05) is 26.2 Å². The molecule has 0 bridgehead atoms. The van der Waals surface area contributed by atoms with Gasteiger partial charge in [-0.25, -0.2) is 0 Å². The Morgan fingerprint density at radius 3 is 0.783 bits per heavy atom. The van der Waals surface area contributed by atoms with Crippen LogP contribution in [0.4, 0.5) is 35.1 Å². The molecule has 4 aromatic rings. The van der Waals surface area contributed by atoms with E-state index in [-0.39, 0.29) is 32.1 Å². The predicted octanol–water partition coefficient (Wildman–Crippen LogP) is 7.99. The van der Waals surface area contributed by atoms with Gasteiger partial charge in [0.25, 0.3) is 0 Å². The van der Waals surface area contributed by atoms with Crippen molar-refractivity contribution in [2.24, 2.45) is 0 Å². The molecule has 242 valence electrons. The first kappa shape index (κ1) is 34.1. The second-order valence-corrected chi connectivity index (χ2v) is 10.6. The van der Waals surface area contributed by atoms with E-state index >= 15 is 35.1 Å². The Labute approximate surface area is 259 Å². The van der Waals surface area contributed by atoms with Gasteiger partial charge in [-0.3, -0.25) is 9.59 Å². The number of halogens is 8. The van der Waals surface area contributed by atoms with Crippen molar-refractivity contribution >= 4 is 11.8 Å². The van der Waals surface area contributed by atoms with Crippen molar-refractivity contribution in [3.05, 3.63) is 144 Å². The number of carbonyl (C=O) groups is 2. The molecule has 12 heteroatoms. The van der Waals surface area contributed by atoms with E-state index in [1.807, 2.05) is 0 Å². The number of nitrogens with zero attached hydrogens (tertiary/aromatic N) is 2. The van der Waals surface area contributed by atoms with Crippen LogP contribution in [-0.2, 0) is 35.8 Å². The van der Waals surface area contributed by atoms with Crippen molar-refractivity contribution in [1.82, 2.24) is 9.80 Å². The maximum atomic E-state index is 15.4. The Kier molecular flexibility index (Phi) is 10.2. The van der Waals surface area contributed by atoms with E-state index in [4.69, 9.17) is 0 Å². The van der Waals surface area contributed by atoms with E-state index in [1.165, 1.54) is 97.1 Å². The minimum absolute atomic E-state index is 0.172. The highest BCUT2D eigenvalue weighted by atomic mass is 19.4. The fourth-order valence-electron chi connectivity index (χ4n) is 4.67. The molecule has 0 aliphatic rings. The second kappa shape index (κ2) is 13.7. The molecule has 4 rings (SSSR count). The Hall–Kier alpha value is -4.74. The number of hydrogen-bond acceptors (Lipinski definition) is 2. The lowest BCUT2D eigenvalue weighted by molar-refractivity contribution is -0.351. The van der Waals surface area contributed by atoms with Crippen LogP contribution >= 0.6 is 0 Å². The zero-order valence-electron chi connectivity index (χ0n) is 24.1. The lowest BCUT2D eigenvalue weighted by atomic mass is 9.96. The van der Waals surface area contributed by atoms with Crippen LogP contribution in [0.25, 0.3) is 0 Å². The summed E-state index contributed by atoms with van der Waals surface area (Å²) in [6.07, 6.45) is 0. The van der Waals surface area contributed by atoms with E-state index in [2.05, 4.69) is 0 Å². The first-order valence-corrected chi connectivity index (χ1v) is 13.9. The molecule has 0 aromatic heterocycles. The number of rotatable bonds is 13. The Balaban J connectivity index is 1.68. The van der Waals surface area contributed by atoms with Crippen molar-refractivity contribution in [3.8, 4) is 0 Å². The van der Waals surface area contributed by atoms with Gasteiger partial charge in [-0.15, -0.1) is 0 Å². The summed E-state index contributed by atoms with van der Waals surface area (Å²) >= 11 is 0. The summed E-state index contributed by atoms with van der Waals surface area (Å²) in [6, 6.07) is 28.9. The first-order valence-electron chi connectivity index (χ1n) is 13.9. The SMILES string of the molecule is O=C(N(Cc1ccccc1)Cc1ccccc1)C(F)(F)C(F)(F)C(F)(F)C(F)(F)C(=O)N(Cc1ccccc1)Cc1ccccc1. The minimum Gasteiger partial charge on any atom is -0.329 e. The molecule has 0 spiro atoms. The average molecular weight is 649 g/mol. The summed E-state index contributed by atoms with van der Waals surface area (Å²) in [5, 5.41) is 0. The van der Waals surface area contributed by atoms with Crippen LogP contribution in [0.3, 0.4) is 0 Å². The monoisotopic (exact) mass is 648 g/mol. The summed E-state index contributed by atoms with van der Waals surface area (Å²) in [6.45, 7) is -2.93. The van der Waals surface area contributed by atoms with Gasteiger partial charge in [0.05, 0.1) is 0 Å². The Morgan fingerprint density at radius 1 is 0.391 bits per heavy atom. The molecule has 0 aliphatic heterocycles. The molecule has 0 heterocycles. The zero-order chi connectivity index (χ0) is 33.6. The molecule has 46 heavy (non-hydrogen) atoms. The number of amides is 2. The summed E-state index contributed by atoms with van der Waals surface area (Å²) in [5.41, 5.74) is 0.706. The third kappa shape index (κ3) is 7.05. The van der Waals surface area contributed by atoms with Gasteiger partial charge in [-0.05, 0) is 22.3 Å². The van der Waals surface area contributed by atoms with Crippen LogP contribution in [0.1, 0.15) is 22.3 Å². The van der Waals surface area contributed by atoms with Crippen LogP contribution in [0, 0.1) is 0 Å². The van der Waals surface area contributed by atoms with Gasteiger partial charge < -0.3 is 9.80 Å². The summed E-state index contributed by atoms with van der Waals surface area (Å²) < 4.78 is 122. The molecule has 0 saturated heterocycles. The van der Waals surface area contributed by atoms with Crippen molar-refractivity contribution in [2.45, 2.75) is 49.9 Å². The van der Waals surface area contributed by atoms with E-state index < -0.39 is 61.7 Å². The molecule has 0 atom stereocenters. The highest BCUT2D eigenvalue weighted by Gasteiger charge is 2.85. The molecule has 0 unspecified atom stereocenters. The van der Waals surface area contributed by atoms with Gasteiger partial charge in [0.15, 0.2) is 0 Å². The fraction of sp³-hybridized carbons (Fsp3) is 0.235. The number of hydrogen-bond donors (Lipinski definition) is 0. The van der Waals surface area contributed by atoms with Crippen molar-refractivity contribution in [2.75, 3.05) is 0 Å². The van der Waals surface area contributed by atoms with Crippen LogP contribution < -0.4 is 0 Å². The third-order valence-corrected chi connectivity index (χ3v) is 7.16. The molecule has 0 aliphatic carbocycles. The summed E-state index contributed by atoms with van der Waals surface area (Å²) in [5.74, 6) is -32.4. The lowest BCUT2D eigenvalue weighted by Gasteiger charge is -2.38. The van der Waals surface area contributed by atoms with Gasteiger partial charge in [0.2, 0.25) is 0 Å². The van der Waals surface area contributed by atoms with Crippen molar-refractivity contribution in [1.29, 1.82) is 0 Å². The van der Waals surface area contributed by atoms with E-state index in [0.717, 1.165) is 0 Å². The molecule has 0 N–H and O–H groups in total. The smallest absolute Gasteiger partial charge is 0.329 e. The van der Waals surface area contributed by atoms with Crippen LogP contribution in [0.5, 0.6) is 0 Å². The first-order chi connectivity index (χ1) is 21.7. The van der Waals surface area contributed by atoms with E-state index in [1.54, 1.807) is 24.3 Å². The normalized spacial score (nSPS) is 12.4. The standard InChI is InChI=1S/C34H28F8N2O2/c35-31(36,29(45)43(21-25-13-5-1-6-14-25)22-26-15-7-2-8-16-26)33(39,40)34(41,42)32(37,38)30(46)44(23-27-17-9-3-10-18-27)24-28-19-11-4-12-20-28/h1-20H,21-24H2. The predicted molar refractivity (Wildman–Crippen MR) is 154 cm³/mol.